The first kappa shape index (κ1) is 23.5. The quantitative estimate of drug-likeness (QED) is 0.492. The number of nitrogens with one attached hydrogen (secondary N) is 1. The lowest BCUT2D eigenvalue weighted by Gasteiger charge is -2.14. The molecule has 0 unspecified atom stereocenters. The third kappa shape index (κ3) is 6.61. The molecule has 3 aromatic carbocycles. The number of benzene rings is 3. The first-order valence-corrected chi connectivity index (χ1v) is 9.33. The molecule has 0 saturated heterocycles. The largest absolute Gasteiger partial charge is 0.493 e. The van der Waals surface area contributed by atoms with Crippen molar-refractivity contribution in [1.82, 2.24) is 5.32 Å². The van der Waals surface area contributed by atoms with Gasteiger partial charge in [-0.3, -0.25) is 0 Å². The molecule has 0 spiro atoms. The summed E-state index contributed by atoms with van der Waals surface area (Å²) < 4.78 is 16.2. The van der Waals surface area contributed by atoms with Gasteiger partial charge in [0.1, 0.15) is 0 Å². The Morgan fingerprint density at radius 1 is 0.742 bits per heavy atom. The molecule has 0 amide bonds. The molecule has 3 rings (SSSR count). The van der Waals surface area contributed by atoms with Gasteiger partial charge in [0.15, 0.2) is 11.5 Å². The third-order valence-electron chi connectivity index (χ3n) is 4.38. The fraction of sp³-hybridized carbons (Fsp3) is 0.217. The molecule has 0 heterocycles. The highest BCUT2D eigenvalue weighted by Crippen LogP contribution is 2.38. The van der Waals surface area contributed by atoms with Crippen molar-refractivity contribution in [2.45, 2.75) is 13.1 Å². The Bertz CT molecular complexity index is 1010. The Labute approximate surface area is 180 Å². The first-order chi connectivity index (χ1) is 14.9. The van der Waals surface area contributed by atoms with Crippen molar-refractivity contribution in [2.75, 3.05) is 21.3 Å². The number of methoxy groups -OCH3 is 3. The summed E-state index contributed by atoms with van der Waals surface area (Å²) in [5.74, 6) is -1.69. The van der Waals surface area contributed by atoms with Crippen LogP contribution in [-0.4, -0.2) is 43.5 Å². The molecule has 0 aliphatic rings. The van der Waals surface area contributed by atoms with Crippen LogP contribution in [-0.2, 0) is 22.7 Å². The van der Waals surface area contributed by atoms with Gasteiger partial charge in [0.2, 0.25) is 5.75 Å². The number of ether oxygens (including phenoxy) is 3. The zero-order chi connectivity index (χ0) is 22.8. The number of hydrogen-bond donors (Lipinski definition) is 3. The zero-order valence-corrected chi connectivity index (χ0v) is 17.5. The Hall–Kier alpha value is -3.78. The van der Waals surface area contributed by atoms with Crippen molar-refractivity contribution in [2.24, 2.45) is 0 Å². The van der Waals surface area contributed by atoms with Crippen LogP contribution in [0.1, 0.15) is 11.1 Å². The van der Waals surface area contributed by atoms with Gasteiger partial charge in [0.25, 0.3) is 0 Å². The predicted molar refractivity (Wildman–Crippen MR) is 116 cm³/mol. The molecular weight excluding hydrogens is 402 g/mol. The van der Waals surface area contributed by atoms with Gasteiger partial charge in [-0.15, -0.1) is 0 Å². The molecule has 0 aromatic heterocycles. The molecule has 0 fully saturated rings. The topological polar surface area (TPSA) is 114 Å². The van der Waals surface area contributed by atoms with Crippen LogP contribution in [0.2, 0.25) is 0 Å². The van der Waals surface area contributed by atoms with E-state index >= 15 is 0 Å². The average molecular weight is 427 g/mol. The van der Waals surface area contributed by atoms with E-state index in [-0.39, 0.29) is 0 Å². The Kier molecular flexibility index (Phi) is 8.65. The van der Waals surface area contributed by atoms with Crippen molar-refractivity contribution in [3.05, 3.63) is 65.7 Å². The van der Waals surface area contributed by atoms with Gasteiger partial charge < -0.3 is 29.7 Å². The van der Waals surface area contributed by atoms with E-state index in [4.69, 9.17) is 34.0 Å². The minimum absolute atomic E-state index is 0.614. The van der Waals surface area contributed by atoms with Crippen LogP contribution >= 0.6 is 0 Å². The number of fused-ring (bicyclic) bond motifs is 1. The van der Waals surface area contributed by atoms with Gasteiger partial charge in [-0.2, -0.15) is 0 Å². The minimum atomic E-state index is -1.82. The maximum absolute atomic E-state index is 9.10. The standard InChI is InChI=1S/C21H23NO3.C2H2O4/c1-23-19-11-16(12-20(24-2)21(19)25-3)14-22-13-15-8-9-17-6-4-5-7-18(17)10-15;3-1(4)2(5)6/h4-12,22H,13-14H2,1-3H3;(H,3,4)(H,5,6). The smallest absolute Gasteiger partial charge is 0.414 e. The van der Waals surface area contributed by atoms with E-state index in [1.165, 1.54) is 16.3 Å². The second-order valence-electron chi connectivity index (χ2n) is 6.43. The summed E-state index contributed by atoms with van der Waals surface area (Å²) in [4.78, 5) is 18.2. The molecule has 8 nitrogen and oxygen atoms in total. The van der Waals surface area contributed by atoms with Gasteiger partial charge in [0, 0.05) is 13.1 Å². The number of hydrogen-bond acceptors (Lipinski definition) is 6. The zero-order valence-electron chi connectivity index (χ0n) is 17.5. The van der Waals surface area contributed by atoms with Crippen LogP contribution in [0.25, 0.3) is 10.8 Å². The fourth-order valence-electron chi connectivity index (χ4n) is 2.94. The second kappa shape index (κ2) is 11.4. The molecule has 0 aliphatic heterocycles. The number of aliphatic carboxylic acids is 2. The molecular formula is C23H25NO7. The lowest BCUT2D eigenvalue weighted by atomic mass is 10.1. The summed E-state index contributed by atoms with van der Waals surface area (Å²) in [5, 5.41) is 20.8. The Morgan fingerprint density at radius 2 is 1.29 bits per heavy atom. The predicted octanol–water partition coefficient (Wildman–Crippen LogP) is 3.31. The van der Waals surface area contributed by atoms with Gasteiger partial charge in [-0.05, 0) is 40.1 Å². The van der Waals surface area contributed by atoms with Crippen LogP contribution in [0.3, 0.4) is 0 Å². The average Bonchev–Trinajstić information content (AvgIpc) is 2.78. The van der Waals surface area contributed by atoms with E-state index in [9.17, 15) is 0 Å². The van der Waals surface area contributed by atoms with Crippen molar-refractivity contribution in [3.8, 4) is 17.2 Å². The van der Waals surface area contributed by atoms with E-state index in [0.29, 0.717) is 23.8 Å². The van der Waals surface area contributed by atoms with Gasteiger partial charge in [0.05, 0.1) is 21.3 Å². The second-order valence-corrected chi connectivity index (χ2v) is 6.43. The molecule has 3 aromatic rings. The molecule has 31 heavy (non-hydrogen) atoms. The van der Waals surface area contributed by atoms with Gasteiger partial charge >= 0.3 is 11.9 Å². The van der Waals surface area contributed by atoms with Crippen LogP contribution < -0.4 is 19.5 Å². The number of carboxylic acids is 2. The van der Waals surface area contributed by atoms with E-state index in [1.54, 1.807) is 21.3 Å². The molecule has 8 heteroatoms. The monoisotopic (exact) mass is 427 g/mol. The highest BCUT2D eigenvalue weighted by atomic mass is 16.5. The first-order valence-electron chi connectivity index (χ1n) is 9.33. The van der Waals surface area contributed by atoms with E-state index in [2.05, 4.69) is 47.8 Å². The Morgan fingerprint density at radius 3 is 1.81 bits per heavy atom. The molecule has 0 atom stereocenters. The van der Waals surface area contributed by atoms with E-state index < -0.39 is 11.9 Å². The highest BCUT2D eigenvalue weighted by Gasteiger charge is 2.12. The fourth-order valence-corrected chi connectivity index (χ4v) is 2.94. The van der Waals surface area contributed by atoms with Crippen LogP contribution in [0.4, 0.5) is 0 Å². The summed E-state index contributed by atoms with van der Waals surface area (Å²) in [6.07, 6.45) is 0. The summed E-state index contributed by atoms with van der Waals surface area (Å²) in [5.41, 5.74) is 2.33. The van der Waals surface area contributed by atoms with Crippen molar-refractivity contribution in [3.63, 3.8) is 0 Å². The van der Waals surface area contributed by atoms with E-state index in [1.807, 2.05) is 12.1 Å². The molecule has 0 bridgehead atoms. The summed E-state index contributed by atoms with van der Waals surface area (Å²) in [6.45, 7) is 1.50. The van der Waals surface area contributed by atoms with E-state index in [0.717, 1.165) is 12.1 Å². The molecule has 0 saturated carbocycles. The molecule has 3 N–H and O–H groups in total. The van der Waals surface area contributed by atoms with Gasteiger partial charge in [-0.1, -0.05) is 36.4 Å². The molecule has 164 valence electrons. The van der Waals surface area contributed by atoms with Crippen LogP contribution in [0.15, 0.2) is 54.6 Å². The van der Waals surface area contributed by atoms with Crippen molar-refractivity contribution in [1.29, 1.82) is 0 Å². The molecule has 0 radical (unpaired) electrons. The van der Waals surface area contributed by atoms with Crippen LogP contribution in [0, 0.1) is 0 Å². The van der Waals surface area contributed by atoms with Crippen molar-refractivity contribution < 1.29 is 34.0 Å². The Balaban J connectivity index is 0.000000501. The summed E-state index contributed by atoms with van der Waals surface area (Å²) >= 11 is 0. The number of rotatable bonds is 7. The summed E-state index contributed by atoms with van der Waals surface area (Å²) in [6, 6.07) is 18.9. The van der Waals surface area contributed by atoms with Gasteiger partial charge in [-0.25, -0.2) is 9.59 Å². The highest BCUT2D eigenvalue weighted by molar-refractivity contribution is 6.27. The maximum atomic E-state index is 9.10. The van der Waals surface area contributed by atoms with Crippen molar-refractivity contribution >= 4 is 22.7 Å². The maximum Gasteiger partial charge on any atom is 0.414 e. The number of carboxylic acid groups (broad SMARTS) is 2. The third-order valence-corrected chi connectivity index (χ3v) is 4.38. The summed E-state index contributed by atoms with van der Waals surface area (Å²) in [7, 11) is 4.87. The van der Waals surface area contributed by atoms with Crippen LogP contribution in [0.5, 0.6) is 17.2 Å². The minimum Gasteiger partial charge on any atom is -0.493 e. The molecule has 0 aliphatic carbocycles. The number of carbonyl (C=O) groups is 2. The SMILES string of the molecule is COc1cc(CNCc2ccc3ccccc3c2)cc(OC)c1OC.O=C(O)C(=O)O. The lowest BCUT2D eigenvalue weighted by molar-refractivity contribution is -0.159. The lowest BCUT2D eigenvalue weighted by Crippen LogP contribution is -2.13. The normalized spacial score (nSPS) is 10.0.